The van der Waals surface area contributed by atoms with Gasteiger partial charge in [0.2, 0.25) is 0 Å². The van der Waals surface area contributed by atoms with E-state index in [2.05, 4.69) is 43.8 Å². The Morgan fingerprint density at radius 2 is 1.91 bits per heavy atom. The molecule has 1 rings (SSSR count). The van der Waals surface area contributed by atoms with Crippen molar-refractivity contribution < 1.29 is 9.53 Å². The number of aromatic nitrogens is 2. The zero-order chi connectivity index (χ0) is 18.1. The van der Waals surface area contributed by atoms with E-state index in [9.17, 15) is 5.11 Å². The molecule has 1 aromatic heterocycles. The van der Waals surface area contributed by atoms with Gasteiger partial charge in [0, 0.05) is 23.8 Å². The second kappa shape index (κ2) is 7.40. The summed E-state index contributed by atoms with van der Waals surface area (Å²) in [4.78, 5) is 8.61. The molecule has 0 aliphatic rings. The molecule has 1 heterocycles. The number of halogens is 1. The van der Waals surface area contributed by atoms with Crippen molar-refractivity contribution in [2.24, 2.45) is 0 Å². The Hall–Kier alpha value is -0.143. The normalized spacial score (nSPS) is 17.0. The predicted octanol–water partition coefficient (Wildman–Crippen LogP) is 4.51. The zero-order valence-electron chi connectivity index (χ0n) is 15.4. The van der Waals surface area contributed by atoms with E-state index in [1.54, 1.807) is 13.1 Å². The summed E-state index contributed by atoms with van der Waals surface area (Å²) in [5.74, 6) is 0. The summed E-state index contributed by atoms with van der Waals surface area (Å²) in [7, 11) is -1.93. The Kier molecular flexibility index (Phi) is 6.72. The fraction of sp³-hybridized carbons (Fsp3) is 0.750. The molecule has 0 saturated heterocycles. The van der Waals surface area contributed by atoms with Crippen LogP contribution in [0.1, 0.15) is 40.2 Å². The van der Waals surface area contributed by atoms with Gasteiger partial charge in [-0.25, -0.2) is 9.97 Å². The highest BCUT2D eigenvalue weighted by Crippen LogP contribution is 2.39. The first kappa shape index (κ1) is 20.9. The second-order valence-electron chi connectivity index (χ2n) is 7.70. The molecule has 0 aliphatic carbocycles. The van der Waals surface area contributed by atoms with Gasteiger partial charge in [0.25, 0.3) is 0 Å². The summed E-state index contributed by atoms with van der Waals surface area (Å²) in [6.45, 7) is 15.1. The lowest BCUT2D eigenvalue weighted by atomic mass is 9.80. The fourth-order valence-corrected chi connectivity index (χ4v) is 3.63. The third kappa shape index (κ3) is 4.69. The molecule has 23 heavy (non-hydrogen) atoms. The van der Waals surface area contributed by atoms with Crippen molar-refractivity contribution in [2.75, 3.05) is 12.9 Å². The number of nitrogens with zero attached hydrogens (tertiary/aromatic N) is 2. The van der Waals surface area contributed by atoms with Gasteiger partial charge >= 0.3 is 0 Å². The molecule has 1 N–H and O–H groups in total. The average molecular weight is 377 g/mol. The third-order valence-electron chi connectivity index (χ3n) is 4.98. The van der Waals surface area contributed by atoms with Crippen LogP contribution in [0.4, 0.5) is 0 Å². The van der Waals surface area contributed by atoms with Gasteiger partial charge in [0.05, 0.1) is 6.10 Å². The van der Waals surface area contributed by atoms with E-state index < -0.39 is 19.8 Å². The molecule has 1 aromatic rings. The molecule has 0 unspecified atom stereocenters. The van der Waals surface area contributed by atoms with Gasteiger partial charge in [0.15, 0.2) is 13.5 Å². The molecule has 7 heteroatoms. The first-order valence-corrected chi connectivity index (χ1v) is 12.3. The molecule has 0 spiro atoms. The molecule has 0 aromatic carbocycles. The molecule has 4 nitrogen and oxygen atoms in total. The molecule has 0 saturated carbocycles. The van der Waals surface area contributed by atoms with Gasteiger partial charge < -0.3 is 9.53 Å². The molecule has 0 radical (unpaired) electrons. The van der Waals surface area contributed by atoms with E-state index in [1.165, 1.54) is 11.8 Å². The van der Waals surface area contributed by atoms with E-state index in [0.717, 1.165) is 5.56 Å². The summed E-state index contributed by atoms with van der Waals surface area (Å²) >= 11 is 7.79. The van der Waals surface area contributed by atoms with Crippen LogP contribution >= 0.6 is 23.4 Å². The van der Waals surface area contributed by atoms with Crippen LogP contribution < -0.4 is 0 Å². The van der Waals surface area contributed by atoms with E-state index in [-0.39, 0.29) is 5.04 Å². The van der Waals surface area contributed by atoms with Crippen LogP contribution in [0, 0.1) is 0 Å². The predicted molar refractivity (Wildman–Crippen MR) is 101 cm³/mol. The molecule has 2 atom stereocenters. The molecule has 0 fully saturated rings. The smallest absolute Gasteiger partial charge is 0.192 e. The Labute approximate surface area is 150 Å². The highest BCUT2D eigenvalue weighted by Gasteiger charge is 2.42. The lowest BCUT2D eigenvalue weighted by molar-refractivity contribution is 0.0645. The number of aliphatic hydroxyl groups is 1. The minimum atomic E-state index is -1.93. The van der Waals surface area contributed by atoms with Crippen LogP contribution in [0.5, 0.6) is 0 Å². The first-order valence-electron chi connectivity index (χ1n) is 7.74. The molecule has 0 aliphatic heterocycles. The Morgan fingerprint density at radius 1 is 1.35 bits per heavy atom. The van der Waals surface area contributed by atoms with Gasteiger partial charge in [-0.05, 0) is 31.3 Å². The van der Waals surface area contributed by atoms with Crippen LogP contribution in [-0.2, 0) is 9.84 Å². The lowest BCUT2D eigenvalue weighted by Gasteiger charge is -2.41. The van der Waals surface area contributed by atoms with E-state index in [1.807, 2.05) is 13.2 Å². The van der Waals surface area contributed by atoms with Crippen LogP contribution in [0.2, 0.25) is 23.3 Å². The second-order valence-corrected chi connectivity index (χ2v) is 13.6. The van der Waals surface area contributed by atoms with Crippen molar-refractivity contribution in [1.82, 2.24) is 9.97 Å². The summed E-state index contributed by atoms with van der Waals surface area (Å²) in [5, 5.41) is 11.5. The fourth-order valence-electron chi connectivity index (χ4n) is 1.80. The molecular weight excluding hydrogens is 348 g/mol. The highest BCUT2D eigenvalue weighted by atomic mass is 35.5. The van der Waals surface area contributed by atoms with Crippen LogP contribution in [0.25, 0.3) is 0 Å². The number of rotatable bonds is 6. The van der Waals surface area contributed by atoms with E-state index >= 15 is 0 Å². The van der Waals surface area contributed by atoms with Crippen molar-refractivity contribution >= 4 is 31.7 Å². The van der Waals surface area contributed by atoms with Gasteiger partial charge in [-0.1, -0.05) is 51.1 Å². The quantitative estimate of drug-likeness (QED) is 0.342. The van der Waals surface area contributed by atoms with Crippen molar-refractivity contribution in [2.45, 2.75) is 69.4 Å². The Balaban J connectivity index is 3.14. The SMILES string of the molecule is CSc1ncc([C@](C)(CO[Si](C)(C)C(C)(C)C)[C@@H](C)O)c(Cl)n1. The summed E-state index contributed by atoms with van der Waals surface area (Å²) in [6.07, 6.45) is 2.98. The van der Waals surface area contributed by atoms with Crippen LogP contribution in [0.3, 0.4) is 0 Å². The first-order chi connectivity index (χ1) is 10.3. The molecule has 0 amide bonds. The monoisotopic (exact) mass is 376 g/mol. The highest BCUT2D eigenvalue weighted by molar-refractivity contribution is 7.98. The minimum absolute atomic E-state index is 0.107. The summed E-state index contributed by atoms with van der Waals surface area (Å²) < 4.78 is 6.35. The summed E-state index contributed by atoms with van der Waals surface area (Å²) in [6, 6.07) is 0. The zero-order valence-corrected chi connectivity index (χ0v) is 18.0. The van der Waals surface area contributed by atoms with Crippen molar-refractivity contribution in [3.05, 3.63) is 16.9 Å². The molecule has 0 bridgehead atoms. The summed E-state index contributed by atoms with van der Waals surface area (Å²) in [5.41, 5.74) is 0.0782. The largest absolute Gasteiger partial charge is 0.416 e. The van der Waals surface area contributed by atoms with Gasteiger partial charge in [-0.2, -0.15) is 0 Å². The van der Waals surface area contributed by atoms with Gasteiger partial charge in [-0.15, -0.1) is 0 Å². The van der Waals surface area contributed by atoms with E-state index in [4.69, 9.17) is 16.0 Å². The topological polar surface area (TPSA) is 55.2 Å². The van der Waals surface area contributed by atoms with Gasteiger partial charge in [0.1, 0.15) is 5.15 Å². The standard InChI is InChI=1S/C16H29ClN2O2SSi/c1-11(20)16(5,10-21-23(7,8)15(2,3)4)12-9-18-14(22-6)19-13(12)17/h9,11,20H,10H2,1-8H3/t11-,16-/m1/s1. The van der Waals surface area contributed by atoms with Crippen molar-refractivity contribution in [3.8, 4) is 0 Å². The third-order valence-corrected chi connectivity index (χ3v) is 10.3. The number of aliphatic hydroxyl groups excluding tert-OH is 1. The maximum Gasteiger partial charge on any atom is 0.192 e. The van der Waals surface area contributed by atoms with Gasteiger partial charge in [-0.3, -0.25) is 0 Å². The Morgan fingerprint density at radius 3 is 2.30 bits per heavy atom. The molecular formula is C16H29ClN2O2SSi. The van der Waals surface area contributed by atoms with Crippen molar-refractivity contribution in [3.63, 3.8) is 0 Å². The maximum atomic E-state index is 10.4. The minimum Gasteiger partial charge on any atom is -0.416 e. The number of hydrogen-bond acceptors (Lipinski definition) is 5. The van der Waals surface area contributed by atoms with Crippen LogP contribution in [0.15, 0.2) is 11.4 Å². The van der Waals surface area contributed by atoms with Crippen molar-refractivity contribution in [1.29, 1.82) is 0 Å². The molecule has 132 valence electrons. The number of hydrogen-bond donors (Lipinski definition) is 1. The number of thioether (sulfide) groups is 1. The van der Waals surface area contributed by atoms with E-state index in [0.29, 0.717) is 16.9 Å². The van der Waals surface area contributed by atoms with Crippen LogP contribution in [-0.4, -0.2) is 42.4 Å². The average Bonchev–Trinajstić information content (AvgIpc) is 2.43. The lowest BCUT2D eigenvalue weighted by Crippen LogP contribution is -2.47. The Bertz CT molecular complexity index is 549. The maximum absolute atomic E-state index is 10.4.